The summed E-state index contributed by atoms with van der Waals surface area (Å²) in [5.41, 5.74) is 0.476. The summed E-state index contributed by atoms with van der Waals surface area (Å²) in [5, 5.41) is 11.6. The first-order valence-corrected chi connectivity index (χ1v) is 17.5. The molecule has 1 saturated heterocycles. The maximum absolute atomic E-state index is 13.8. The summed E-state index contributed by atoms with van der Waals surface area (Å²) < 4.78 is 13.3. The number of anilines is 1. The minimum absolute atomic E-state index is 0.00617. The molecule has 0 aromatic heterocycles. The van der Waals surface area contributed by atoms with Crippen molar-refractivity contribution < 1.29 is 23.7 Å². The molecular weight excluding hydrogens is 567 g/mol. The molecule has 1 aromatic rings. The van der Waals surface area contributed by atoms with Gasteiger partial charge in [0.2, 0.25) is 11.8 Å². The van der Waals surface area contributed by atoms with Crippen LogP contribution in [0.1, 0.15) is 112 Å². The highest BCUT2D eigenvalue weighted by molar-refractivity contribution is 6.48. The molecule has 4 fully saturated rings. The Morgan fingerprint density at radius 3 is 2.31 bits per heavy atom. The third kappa shape index (κ3) is 9.03. The van der Waals surface area contributed by atoms with E-state index in [4.69, 9.17) is 9.31 Å². The van der Waals surface area contributed by atoms with Crippen molar-refractivity contribution in [2.24, 2.45) is 23.2 Å². The van der Waals surface area contributed by atoms with Gasteiger partial charge in [0.25, 0.3) is 0 Å². The zero-order chi connectivity index (χ0) is 32.6. The molecule has 2 bridgehead atoms. The first kappa shape index (κ1) is 35.3. The van der Waals surface area contributed by atoms with Crippen LogP contribution in [0.4, 0.5) is 10.5 Å². The van der Waals surface area contributed by atoms with E-state index in [1.165, 1.54) is 25.7 Å². The second kappa shape index (κ2) is 15.8. The first-order valence-electron chi connectivity index (χ1n) is 17.5. The van der Waals surface area contributed by atoms with Gasteiger partial charge in [-0.2, -0.15) is 0 Å². The van der Waals surface area contributed by atoms with E-state index >= 15 is 0 Å². The van der Waals surface area contributed by atoms with Crippen molar-refractivity contribution in [3.8, 4) is 0 Å². The lowest BCUT2D eigenvalue weighted by molar-refractivity contribution is -0.199. The monoisotopic (exact) mass is 624 g/mol. The standard InChI is InChI=1S/C35H57BN4O5/c1-7-8-9-10-11-12-16-19-31(41)39-27(23-37-33(43)38-26-17-14-13-15-18-26)32(42)40-30(20-24(2)3)36-44-29-22-25-21-28(34(25,4)5)35(29,6)45-36/h13-15,17-18,24-25,27-30H,7-12,16,19-23H2,1-6H3,(H,39,41)(H,40,42)(H2,37,38,43)/t25-,27+,28-,29-,30+,35+/m1/s1. The number of benzene rings is 1. The molecule has 4 amide bonds. The highest BCUT2D eigenvalue weighted by atomic mass is 16.7. The van der Waals surface area contributed by atoms with E-state index in [1.807, 2.05) is 18.2 Å². The molecule has 4 N–H and O–H groups in total. The van der Waals surface area contributed by atoms with Gasteiger partial charge in [0.15, 0.2) is 0 Å². The van der Waals surface area contributed by atoms with Gasteiger partial charge in [0.1, 0.15) is 6.04 Å². The average molecular weight is 625 g/mol. The number of unbranched alkanes of at least 4 members (excludes halogenated alkanes) is 6. The third-order valence-electron chi connectivity index (χ3n) is 10.5. The SMILES string of the molecule is CCCCCCCCCC(=O)N[C@@H](CNC(=O)Nc1ccccc1)C(=O)N[C@@H](CC(C)C)B1O[C@@H]2C[C@H]3C[C@H](C3(C)C)[C@]2(C)O1. The van der Waals surface area contributed by atoms with Crippen LogP contribution >= 0.6 is 0 Å². The Bertz CT molecular complexity index is 1130. The number of hydrogen-bond acceptors (Lipinski definition) is 5. The highest BCUT2D eigenvalue weighted by Gasteiger charge is 2.68. The predicted octanol–water partition coefficient (Wildman–Crippen LogP) is 6.23. The number of carbonyl (C=O) groups excluding carboxylic acids is 3. The van der Waals surface area contributed by atoms with Gasteiger partial charge >= 0.3 is 13.1 Å². The maximum atomic E-state index is 13.8. The van der Waals surface area contributed by atoms with E-state index in [0.29, 0.717) is 30.4 Å². The molecule has 45 heavy (non-hydrogen) atoms. The number of urea groups is 1. The molecular formula is C35H57BN4O5. The molecule has 9 nitrogen and oxygen atoms in total. The zero-order valence-corrected chi connectivity index (χ0v) is 28.5. The molecule has 0 radical (unpaired) electrons. The van der Waals surface area contributed by atoms with Gasteiger partial charge in [-0.1, -0.05) is 91.3 Å². The van der Waals surface area contributed by atoms with E-state index in [0.717, 1.165) is 32.1 Å². The van der Waals surface area contributed by atoms with E-state index in [9.17, 15) is 14.4 Å². The van der Waals surface area contributed by atoms with Crippen molar-refractivity contribution in [1.29, 1.82) is 0 Å². The number of rotatable bonds is 17. The second-order valence-electron chi connectivity index (χ2n) is 14.8. The van der Waals surface area contributed by atoms with E-state index < -0.39 is 19.2 Å². The Hall–Kier alpha value is -2.59. The molecule has 0 spiro atoms. The number of amides is 4. The molecule has 4 aliphatic rings. The Balaban J connectivity index is 1.38. The lowest BCUT2D eigenvalue weighted by atomic mass is 9.43. The van der Waals surface area contributed by atoms with Gasteiger partial charge in [-0.15, -0.1) is 0 Å². The molecule has 3 saturated carbocycles. The van der Waals surface area contributed by atoms with Crippen LogP contribution < -0.4 is 21.3 Å². The van der Waals surface area contributed by atoms with E-state index in [2.05, 4.69) is 62.8 Å². The summed E-state index contributed by atoms with van der Waals surface area (Å²) in [6.45, 7) is 13.2. The first-order chi connectivity index (χ1) is 21.4. The van der Waals surface area contributed by atoms with Crippen molar-refractivity contribution in [2.75, 3.05) is 11.9 Å². The number of para-hydroxylation sites is 1. The summed E-state index contributed by atoms with van der Waals surface area (Å²) in [7, 11) is -0.570. The molecule has 6 atom stereocenters. The summed E-state index contributed by atoms with van der Waals surface area (Å²) in [5.74, 6) is 0.392. The lowest BCUT2D eigenvalue weighted by Gasteiger charge is -2.64. The Morgan fingerprint density at radius 2 is 1.64 bits per heavy atom. The van der Waals surface area contributed by atoms with Crippen LogP contribution in [0, 0.1) is 23.2 Å². The maximum Gasteiger partial charge on any atom is 0.481 e. The number of nitrogens with one attached hydrogen (secondary N) is 4. The van der Waals surface area contributed by atoms with Crippen molar-refractivity contribution in [2.45, 2.75) is 136 Å². The van der Waals surface area contributed by atoms with Crippen molar-refractivity contribution in [3.63, 3.8) is 0 Å². The molecule has 10 heteroatoms. The normalized spacial score (nSPS) is 25.9. The van der Waals surface area contributed by atoms with Crippen LogP contribution in [-0.4, -0.2) is 55.2 Å². The van der Waals surface area contributed by atoms with Crippen molar-refractivity contribution in [3.05, 3.63) is 30.3 Å². The fourth-order valence-electron chi connectivity index (χ4n) is 7.71. The average Bonchev–Trinajstić information content (AvgIpc) is 3.36. The highest BCUT2D eigenvalue weighted by Crippen LogP contribution is 2.65. The third-order valence-corrected chi connectivity index (χ3v) is 10.5. The van der Waals surface area contributed by atoms with Crippen LogP contribution in [0.25, 0.3) is 0 Å². The molecule has 0 unspecified atom stereocenters. The van der Waals surface area contributed by atoms with Gasteiger partial charge in [0.05, 0.1) is 17.6 Å². The lowest BCUT2D eigenvalue weighted by Crippen LogP contribution is -2.65. The molecule has 3 aliphatic carbocycles. The van der Waals surface area contributed by atoms with E-state index in [1.54, 1.807) is 12.1 Å². The van der Waals surface area contributed by atoms with Gasteiger partial charge in [-0.25, -0.2) is 4.79 Å². The van der Waals surface area contributed by atoms with Crippen LogP contribution in [0.3, 0.4) is 0 Å². The number of hydrogen-bond donors (Lipinski definition) is 4. The molecule has 1 aliphatic heterocycles. The van der Waals surface area contributed by atoms with Crippen LogP contribution in [0.2, 0.25) is 0 Å². The van der Waals surface area contributed by atoms with Gasteiger partial charge in [0, 0.05) is 18.7 Å². The van der Waals surface area contributed by atoms with Crippen LogP contribution in [0.5, 0.6) is 0 Å². The molecule has 1 heterocycles. The van der Waals surface area contributed by atoms with E-state index in [-0.39, 0.29) is 47.3 Å². The number of carbonyl (C=O) groups is 3. The van der Waals surface area contributed by atoms with Gasteiger partial charge in [-0.3, -0.25) is 9.59 Å². The second-order valence-corrected chi connectivity index (χ2v) is 14.8. The zero-order valence-electron chi connectivity index (χ0n) is 28.5. The molecule has 250 valence electrons. The quantitative estimate of drug-likeness (QED) is 0.121. The smallest absolute Gasteiger partial charge is 0.404 e. The fraction of sp³-hybridized carbons (Fsp3) is 0.743. The van der Waals surface area contributed by atoms with Gasteiger partial charge < -0.3 is 30.6 Å². The summed E-state index contributed by atoms with van der Waals surface area (Å²) >= 11 is 0. The minimum Gasteiger partial charge on any atom is -0.404 e. The summed E-state index contributed by atoms with van der Waals surface area (Å²) in [4.78, 5) is 39.5. The van der Waals surface area contributed by atoms with Crippen LogP contribution in [0.15, 0.2) is 30.3 Å². The fourth-order valence-corrected chi connectivity index (χ4v) is 7.71. The largest absolute Gasteiger partial charge is 0.481 e. The predicted molar refractivity (Wildman–Crippen MR) is 180 cm³/mol. The minimum atomic E-state index is -0.941. The van der Waals surface area contributed by atoms with Crippen molar-refractivity contribution >= 4 is 30.7 Å². The van der Waals surface area contributed by atoms with Gasteiger partial charge in [-0.05, 0) is 67.9 Å². The Morgan fingerprint density at radius 1 is 0.956 bits per heavy atom. The Labute approximate surface area is 271 Å². The van der Waals surface area contributed by atoms with Crippen LogP contribution in [-0.2, 0) is 18.9 Å². The van der Waals surface area contributed by atoms with Crippen molar-refractivity contribution in [1.82, 2.24) is 16.0 Å². The topological polar surface area (TPSA) is 118 Å². The summed E-state index contributed by atoms with van der Waals surface area (Å²) in [6.07, 6.45) is 10.9. The molecule has 1 aromatic carbocycles. The molecule has 5 rings (SSSR count). The Kier molecular flexibility index (Phi) is 12.4. The summed E-state index contributed by atoms with van der Waals surface area (Å²) in [6, 6.07) is 7.72.